The second-order valence-corrected chi connectivity index (χ2v) is 14.8. The van der Waals surface area contributed by atoms with Crippen molar-refractivity contribution in [2.24, 2.45) is 0 Å². The van der Waals surface area contributed by atoms with Crippen molar-refractivity contribution >= 4 is 19.8 Å². The average Bonchev–Trinajstić information content (AvgIpc) is 3.17. The van der Waals surface area contributed by atoms with Gasteiger partial charge in [0.1, 0.15) is 6.61 Å². The van der Waals surface area contributed by atoms with Crippen molar-refractivity contribution < 1.29 is 37.9 Å². The fraction of sp³-hybridized carbons (Fsp3) is 0.574. The number of allylic oxidation sites excluding steroid dienone is 18. The molecule has 316 valence electrons. The molecule has 0 saturated heterocycles. The molecule has 0 fully saturated rings. The standard InChI is InChI=1S/C47H75O8P/c1-3-5-7-9-11-13-15-17-19-21-23-25-27-29-31-33-35-37-39-41-46(48)53-43-45(44-54-56(50,51)52)55-47(49)42-40-38-36-34-32-30-28-26-24-22-20-18-16-14-12-10-8-6-4-2/h11-14,17-20,23-26,29-32,36,38,45H,3-10,15-16,21-22,27-28,33-35,37,39-44H2,1-2H3,(H2,50,51,52)/b13-11+,14-12+,19-17+,20-18+,25-23+,26-24+,31-29+,32-30+,38-36+/t45-/m1/s1. The molecule has 0 rings (SSSR count). The topological polar surface area (TPSA) is 119 Å². The number of ether oxygens (including phenoxy) is 2. The Morgan fingerprint density at radius 1 is 0.464 bits per heavy atom. The zero-order valence-corrected chi connectivity index (χ0v) is 35.6. The molecule has 0 spiro atoms. The van der Waals surface area contributed by atoms with Crippen LogP contribution in [-0.2, 0) is 28.2 Å². The predicted molar refractivity (Wildman–Crippen MR) is 234 cm³/mol. The summed E-state index contributed by atoms with van der Waals surface area (Å²) in [6.45, 7) is 3.52. The molecular weight excluding hydrogens is 723 g/mol. The van der Waals surface area contributed by atoms with Crippen molar-refractivity contribution in [3.63, 3.8) is 0 Å². The third-order valence-electron chi connectivity index (χ3n) is 8.28. The Hall–Kier alpha value is -3.29. The zero-order valence-electron chi connectivity index (χ0n) is 34.7. The minimum absolute atomic E-state index is 0.0743. The fourth-order valence-electron chi connectivity index (χ4n) is 5.10. The van der Waals surface area contributed by atoms with Crippen LogP contribution in [0.15, 0.2) is 109 Å². The van der Waals surface area contributed by atoms with Crippen LogP contribution in [-0.4, -0.2) is 41.0 Å². The third-order valence-corrected chi connectivity index (χ3v) is 8.76. The van der Waals surface area contributed by atoms with E-state index in [-0.39, 0.29) is 19.4 Å². The van der Waals surface area contributed by atoms with E-state index in [0.29, 0.717) is 12.8 Å². The van der Waals surface area contributed by atoms with E-state index in [1.54, 1.807) is 0 Å². The highest BCUT2D eigenvalue weighted by molar-refractivity contribution is 7.46. The second kappa shape index (κ2) is 41.3. The van der Waals surface area contributed by atoms with E-state index >= 15 is 0 Å². The summed E-state index contributed by atoms with van der Waals surface area (Å²) in [6.07, 6.45) is 58.2. The lowest BCUT2D eigenvalue weighted by molar-refractivity contribution is -0.161. The fourth-order valence-corrected chi connectivity index (χ4v) is 5.46. The molecule has 0 radical (unpaired) electrons. The van der Waals surface area contributed by atoms with Gasteiger partial charge in [-0.3, -0.25) is 14.1 Å². The molecule has 56 heavy (non-hydrogen) atoms. The number of esters is 2. The molecule has 0 amide bonds. The number of phosphoric ester groups is 1. The molecule has 0 saturated carbocycles. The number of hydrogen-bond donors (Lipinski definition) is 2. The van der Waals surface area contributed by atoms with E-state index in [1.807, 2.05) is 12.2 Å². The quantitative estimate of drug-likeness (QED) is 0.0276. The maximum Gasteiger partial charge on any atom is 0.469 e. The van der Waals surface area contributed by atoms with Crippen LogP contribution in [0, 0.1) is 0 Å². The van der Waals surface area contributed by atoms with Gasteiger partial charge in [0.2, 0.25) is 0 Å². The van der Waals surface area contributed by atoms with Crippen molar-refractivity contribution in [2.75, 3.05) is 13.2 Å². The molecule has 0 aromatic carbocycles. The molecule has 9 heteroatoms. The SMILES string of the molecule is CCCCC/C=C/C/C=C/C/C=C/C/C=C/C/C=C/CCC(=O)O[C@H](COC(=O)CCCCC/C=C/C/C=C/C/C=C/C/C=C/CCCCC)COP(=O)(O)O. The first kappa shape index (κ1) is 52.7. The largest absolute Gasteiger partial charge is 0.469 e. The molecule has 2 N–H and O–H groups in total. The Morgan fingerprint density at radius 2 is 0.839 bits per heavy atom. The van der Waals surface area contributed by atoms with Gasteiger partial charge < -0.3 is 19.3 Å². The van der Waals surface area contributed by atoms with Crippen LogP contribution in [0.5, 0.6) is 0 Å². The Kier molecular flexibility index (Phi) is 38.9. The van der Waals surface area contributed by atoms with Crippen molar-refractivity contribution in [2.45, 2.75) is 161 Å². The smallest absolute Gasteiger partial charge is 0.462 e. The van der Waals surface area contributed by atoms with Crippen molar-refractivity contribution in [3.05, 3.63) is 109 Å². The van der Waals surface area contributed by atoms with Crippen molar-refractivity contribution in [3.8, 4) is 0 Å². The predicted octanol–water partition coefficient (Wildman–Crippen LogP) is 13.2. The Morgan fingerprint density at radius 3 is 1.23 bits per heavy atom. The van der Waals surface area contributed by atoms with Crippen LogP contribution in [0.1, 0.15) is 155 Å². The van der Waals surface area contributed by atoms with E-state index in [2.05, 4.69) is 116 Å². The number of carbonyl (C=O) groups excluding carboxylic acids is 2. The number of carbonyl (C=O) groups is 2. The summed E-state index contributed by atoms with van der Waals surface area (Å²) in [7, 11) is -4.79. The van der Waals surface area contributed by atoms with Crippen LogP contribution in [0.2, 0.25) is 0 Å². The summed E-state index contributed by atoms with van der Waals surface area (Å²) in [6, 6.07) is 0. The lowest BCUT2D eigenvalue weighted by atomic mass is 10.1. The Balaban J connectivity index is 4.14. The minimum atomic E-state index is -4.79. The van der Waals surface area contributed by atoms with Crippen LogP contribution < -0.4 is 0 Å². The molecule has 0 aromatic rings. The van der Waals surface area contributed by atoms with Gasteiger partial charge in [-0.2, -0.15) is 0 Å². The second-order valence-electron chi connectivity index (χ2n) is 13.6. The van der Waals surface area contributed by atoms with Gasteiger partial charge >= 0.3 is 19.8 Å². The zero-order chi connectivity index (χ0) is 41.1. The van der Waals surface area contributed by atoms with Gasteiger partial charge in [0.25, 0.3) is 0 Å². The van der Waals surface area contributed by atoms with Crippen molar-refractivity contribution in [1.82, 2.24) is 0 Å². The van der Waals surface area contributed by atoms with E-state index in [0.717, 1.165) is 64.2 Å². The molecule has 0 aromatic heterocycles. The Labute approximate surface area is 340 Å². The van der Waals surface area contributed by atoms with Gasteiger partial charge in [-0.15, -0.1) is 0 Å². The van der Waals surface area contributed by atoms with Crippen molar-refractivity contribution in [1.29, 1.82) is 0 Å². The molecule has 8 nitrogen and oxygen atoms in total. The lowest BCUT2D eigenvalue weighted by Gasteiger charge is -2.18. The molecule has 1 atom stereocenters. The van der Waals surface area contributed by atoms with E-state index in [9.17, 15) is 14.2 Å². The van der Waals surface area contributed by atoms with Crippen LogP contribution in [0.4, 0.5) is 0 Å². The number of hydrogen-bond acceptors (Lipinski definition) is 6. The molecular formula is C47H75O8P. The first-order chi connectivity index (χ1) is 27.3. The van der Waals surface area contributed by atoms with Gasteiger partial charge in [-0.05, 0) is 96.3 Å². The third kappa shape index (κ3) is 43.4. The maximum absolute atomic E-state index is 12.4. The molecule has 0 aliphatic heterocycles. The summed E-state index contributed by atoms with van der Waals surface area (Å²) in [5.41, 5.74) is 0. The summed E-state index contributed by atoms with van der Waals surface area (Å²) in [5, 5.41) is 0. The van der Waals surface area contributed by atoms with Gasteiger partial charge in [0.15, 0.2) is 6.10 Å². The van der Waals surface area contributed by atoms with E-state index < -0.39 is 32.5 Å². The minimum Gasteiger partial charge on any atom is -0.462 e. The highest BCUT2D eigenvalue weighted by Gasteiger charge is 2.22. The average molecular weight is 799 g/mol. The first-order valence-corrected chi connectivity index (χ1v) is 22.7. The van der Waals surface area contributed by atoms with Crippen LogP contribution >= 0.6 is 7.82 Å². The lowest BCUT2D eigenvalue weighted by Crippen LogP contribution is -2.29. The maximum atomic E-state index is 12.4. The molecule has 0 unspecified atom stereocenters. The highest BCUT2D eigenvalue weighted by Crippen LogP contribution is 2.35. The Bertz CT molecular complexity index is 1260. The van der Waals surface area contributed by atoms with E-state index in [1.165, 1.54) is 51.4 Å². The van der Waals surface area contributed by atoms with Crippen LogP contribution in [0.25, 0.3) is 0 Å². The summed E-state index contributed by atoms with van der Waals surface area (Å²) in [5.74, 6) is -1.03. The van der Waals surface area contributed by atoms with Gasteiger partial charge in [0, 0.05) is 12.8 Å². The summed E-state index contributed by atoms with van der Waals surface area (Å²) >= 11 is 0. The van der Waals surface area contributed by atoms with Gasteiger partial charge in [-0.25, -0.2) is 4.57 Å². The first-order valence-electron chi connectivity index (χ1n) is 21.2. The molecule has 0 bridgehead atoms. The van der Waals surface area contributed by atoms with E-state index in [4.69, 9.17) is 19.3 Å². The van der Waals surface area contributed by atoms with Gasteiger partial charge in [0.05, 0.1) is 6.61 Å². The van der Waals surface area contributed by atoms with Crippen LogP contribution in [0.3, 0.4) is 0 Å². The van der Waals surface area contributed by atoms with Gasteiger partial charge in [-0.1, -0.05) is 155 Å². The molecule has 0 aliphatic rings. The summed E-state index contributed by atoms with van der Waals surface area (Å²) < 4.78 is 26.3. The normalized spacial score (nSPS) is 13.6. The number of phosphoric acid groups is 1. The monoisotopic (exact) mass is 799 g/mol. The molecule has 0 heterocycles. The number of rotatable bonds is 37. The number of unbranched alkanes of at least 4 members (excludes halogenated alkanes) is 9. The summed E-state index contributed by atoms with van der Waals surface area (Å²) in [4.78, 5) is 42.8. The molecule has 0 aliphatic carbocycles. The highest BCUT2D eigenvalue weighted by atomic mass is 31.2.